The zero-order chi connectivity index (χ0) is 17.8. The number of hydrazine groups is 1. The molecular formula is C19H23N5O2. The van der Waals surface area contributed by atoms with E-state index in [2.05, 4.69) is 21.0 Å². The molecule has 136 valence electrons. The highest BCUT2D eigenvalue weighted by Crippen LogP contribution is 2.21. The average molecular weight is 353 g/mol. The number of aromatic nitrogens is 2. The summed E-state index contributed by atoms with van der Waals surface area (Å²) in [4.78, 5) is 14.3. The molecule has 0 saturated carbocycles. The van der Waals surface area contributed by atoms with Gasteiger partial charge in [0.1, 0.15) is 6.04 Å². The molecule has 2 atom stereocenters. The van der Waals surface area contributed by atoms with Gasteiger partial charge in [0.15, 0.2) is 0 Å². The van der Waals surface area contributed by atoms with Gasteiger partial charge in [0.05, 0.1) is 12.3 Å². The van der Waals surface area contributed by atoms with Gasteiger partial charge in [-0.3, -0.25) is 10.2 Å². The molecule has 1 amide bonds. The lowest BCUT2D eigenvalue weighted by molar-refractivity contribution is -0.132. The van der Waals surface area contributed by atoms with Crippen molar-refractivity contribution in [3.05, 3.63) is 42.5 Å². The zero-order valence-electron chi connectivity index (χ0n) is 14.6. The third kappa shape index (κ3) is 3.84. The van der Waals surface area contributed by atoms with Crippen molar-refractivity contribution in [3.63, 3.8) is 0 Å². The summed E-state index contributed by atoms with van der Waals surface area (Å²) in [5, 5.41) is 8.40. The Balaban J connectivity index is 1.27. The van der Waals surface area contributed by atoms with Gasteiger partial charge in [-0.25, -0.2) is 5.43 Å². The summed E-state index contributed by atoms with van der Waals surface area (Å²) in [6.07, 6.45) is 1.81. The molecule has 2 unspecified atom stereocenters. The van der Waals surface area contributed by atoms with Crippen LogP contribution < -0.4 is 15.6 Å². The molecule has 0 aliphatic carbocycles. The quantitative estimate of drug-likeness (QED) is 0.842. The van der Waals surface area contributed by atoms with Crippen molar-refractivity contribution in [3.8, 4) is 17.1 Å². The van der Waals surface area contributed by atoms with Crippen molar-refractivity contribution in [1.29, 1.82) is 0 Å². The molecule has 1 aromatic heterocycles. The molecule has 7 nitrogen and oxygen atoms in total. The largest absolute Gasteiger partial charge is 0.476 e. The van der Waals surface area contributed by atoms with Crippen LogP contribution in [0.25, 0.3) is 11.3 Å². The molecule has 7 heteroatoms. The third-order valence-electron chi connectivity index (χ3n) is 4.91. The number of carbonyl (C=O) groups excluding carboxylic acids is 1. The maximum Gasteiger partial charge on any atom is 0.241 e. The Morgan fingerprint density at radius 3 is 2.77 bits per heavy atom. The molecule has 4 rings (SSSR count). The van der Waals surface area contributed by atoms with Gasteiger partial charge < -0.3 is 9.64 Å². The van der Waals surface area contributed by atoms with Gasteiger partial charge in [0.25, 0.3) is 0 Å². The minimum atomic E-state index is -0.0916. The van der Waals surface area contributed by atoms with Crippen molar-refractivity contribution in [2.24, 2.45) is 5.92 Å². The van der Waals surface area contributed by atoms with E-state index in [1.54, 1.807) is 0 Å². The lowest BCUT2D eigenvalue weighted by Crippen LogP contribution is -2.44. The van der Waals surface area contributed by atoms with Gasteiger partial charge in [-0.1, -0.05) is 30.3 Å². The number of ether oxygens (including phenoxy) is 1. The van der Waals surface area contributed by atoms with Gasteiger partial charge in [-0.15, -0.1) is 10.2 Å². The number of rotatable bonds is 5. The summed E-state index contributed by atoms with van der Waals surface area (Å²) in [5.74, 6) is 1.05. The van der Waals surface area contributed by atoms with Crippen LogP contribution >= 0.6 is 0 Å². The predicted octanol–water partition coefficient (Wildman–Crippen LogP) is 1.24. The molecule has 0 spiro atoms. The molecular weight excluding hydrogens is 330 g/mol. The number of nitrogens with zero attached hydrogens (tertiary/aromatic N) is 3. The van der Waals surface area contributed by atoms with Crippen LogP contribution in [0.2, 0.25) is 0 Å². The van der Waals surface area contributed by atoms with Crippen LogP contribution in [0.4, 0.5) is 0 Å². The van der Waals surface area contributed by atoms with Crippen LogP contribution in [-0.4, -0.2) is 53.3 Å². The van der Waals surface area contributed by atoms with E-state index in [1.807, 2.05) is 47.4 Å². The van der Waals surface area contributed by atoms with Gasteiger partial charge in [0, 0.05) is 37.2 Å². The monoisotopic (exact) mass is 353 g/mol. The van der Waals surface area contributed by atoms with Crippen molar-refractivity contribution >= 4 is 5.91 Å². The van der Waals surface area contributed by atoms with E-state index in [4.69, 9.17) is 4.74 Å². The Bertz CT molecular complexity index is 731. The molecule has 2 saturated heterocycles. The average Bonchev–Trinajstić information content (AvgIpc) is 3.39. The van der Waals surface area contributed by atoms with Crippen LogP contribution in [0.1, 0.15) is 12.8 Å². The van der Waals surface area contributed by atoms with Crippen molar-refractivity contribution in [1.82, 2.24) is 25.9 Å². The number of amides is 1. The molecule has 2 fully saturated rings. The summed E-state index contributed by atoms with van der Waals surface area (Å²) in [6.45, 7) is 2.93. The second-order valence-electron chi connectivity index (χ2n) is 6.79. The minimum absolute atomic E-state index is 0.0916. The van der Waals surface area contributed by atoms with Crippen LogP contribution in [-0.2, 0) is 4.79 Å². The van der Waals surface area contributed by atoms with Gasteiger partial charge in [-0.2, -0.15) is 0 Å². The number of nitrogens with one attached hydrogen (secondary N) is 2. The second kappa shape index (κ2) is 7.80. The van der Waals surface area contributed by atoms with Crippen LogP contribution in [0.15, 0.2) is 42.5 Å². The van der Waals surface area contributed by atoms with E-state index >= 15 is 0 Å². The Labute approximate surface area is 152 Å². The Kier molecular flexibility index (Phi) is 5.08. The highest BCUT2D eigenvalue weighted by molar-refractivity contribution is 5.82. The summed E-state index contributed by atoms with van der Waals surface area (Å²) in [5.41, 5.74) is 7.91. The topological polar surface area (TPSA) is 79.4 Å². The van der Waals surface area contributed by atoms with Crippen molar-refractivity contribution < 1.29 is 9.53 Å². The van der Waals surface area contributed by atoms with Crippen LogP contribution in [0.3, 0.4) is 0 Å². The molecule has 26 heavy (non-hydrogen) atoms. The molecule has 2 N–H and O–H groups in total. The first-order valence-electron chi connectivity index (χ1n) is 9.09. The minimum Gasteiger partial charge on any atom is -0.476 e. The maximum atomic E-state index is 12.4. The van der Waals surface area contributed by atoms with E-state index in [-0.39, 0.29) is 11.9 Å². The van der Waals surface area contributed by atoms with Crippen molar-refractivity contribution in [2.75, 3.05) is 26.2 Å². The zero-order valence-corrected chi connectivity index (χ0v) is 14.6. The number of likely N-dealkylation sites (tertiary alicyclic amines) is 1. The van der Waals surface area contributed by atoms with Gasteiger partial charge >= 0.3 is 0 Å². The molecule has 0 radical (unpaired) electrons. The van der Waals surface area contributed by atoms with Gasteiger partial charge in [-0.05, 0) is 18.9 Å². The second-order valence-corrected chi connectivity index (χ2v) is 6.79. The number of hydrogen-bond acceptors (Lipinski definition) is 6. The smallest absolute Gasteiger partial charge is 0.241 e. The summed E-state index contributed by atoms with van der Waals surface area (Å²) < 4.78 is 5.79. The van der Waals surface area contributed by atoms with E-state index in [9.17, 15) is 4.79 Å². The first kappa shape index (κ1) is 16.9. The molecule has 2 aliphatic rings. The van der Waals surface area contributed by atoms with Crippen molar-refractivity contribution in [2.45, 2.75) is 18.9 Å². The van der Waals surface area contributed by atoms with E-state index in [1.165, 1.54) is 0 Å². The molecule has 2 aromatic rings. The Hall–Kier alpha value is -2.51. The lowest BCUT2D eigenvalue weighted by Gasteiger charge is -2.20. The van der Waals surface area contributed by atoms with Gasteiger partial charge in [0.2, 0.25) is 11.8 Å². The first-order chi connectivity index (χ1) is 12.8. The third-order valence-corrected chi connectivity index (χ3v) is 4.91. The summed E-state index contributed by atoms with van der Waals surface area (Å²) >= 11 is 0. The number of hydrogen-bond donors (Lipinski definition) is 2. The normalized spacial score (nSPS) is 22.5. The molecule has 3 heterocycles. The predicted molar refractivity (Wildman–Crippen MR) is 97.2 cm³/mol. The number of carbonyl (C=O) groups is 1. The van der Waals surface area contributed by atoms with E-state index in [0.717, 1.165) is 43.7 Å². The highest BCUT2D eigenvalue weighted by Gasteiger charge is 2.32. The first-order valence-corrected chi connectivity index (χ1v) is 9.09. The number of benzene rings is 1. The summed E-state index contributed by atoms with van der Waals surface area (Å²) in [6, 6.07) is 13.6. The van der Waals surface area contributed by atoms with Crippen LogP contribution in [0, 0.1) is 5.92 Å². The van der Waals surface area contributed by atoms with E-state index < -0.39 is 0 Å². The standard InChI is InChI=1S/C19H23N5O2/c25-19(17-8-10-20-21-17)24-11-9-14(12-24)13-26-18-7-6-16(22-23-18)15-4-2-1-3-5-15/h1-7,14,17,20-21H,8-13H2. The Morgan fingerprint density at radius 1 is 1.15 bits per heavy atom. The molecule has 0 bridgehead atoms. The lowest BCUT2D eigenvalue weighted by atomic mass is 10.1. The fourth-order valence-electron chi connectivity index (χ4n) is 3.42. The highest BCUT2D eigenvalue weighted by atomic mass is 16.5. The molecule has 1 aromatic carbocycles. The fourth-order valence-corrected chi connectivity index (χ4v) is 3.42. The SMILES string of the molecule is O=C(C1CCNN1)N1CCC(COc2ccc(-c3ccccc3)nn2)C1. The summed E-state index contributed by atoms with van der Waals surface area (Å²) in [7, 11) is 0. The maximum absolute atomic E-state index is 12.4. The Morgan fingerprint density at radius 2 is 2.04 bits per heavy atom. The molecule has 2 aliphatic heterocycles. The van der Waals surface area contributed by atoms with E-state index in [0.29, 0.717) is 18.4 Å². The fraction of sp³-hybridized carbons (Fsp3) is 0.421. The van der Waals surface area contributed by atoms with Crippen LogP contribution in [0.5, 0.6) is 5.88 Å².